The summed E-state index contributed by atoms with van der Waals surface area (Å²) in [4.78, 5) is 35.8. The molecule has 0 aliphatic heterocycles. The molecule has 0 radical (unpaired) electrons. The minimum atomic E-state index is -0.662. The van der Waals surface area contributed by atoms with Gasteiger partial charge in [0.1, 0.15) is 6.04 Å². The SMILES string of the molecule is CCNC(=O)CNC(=O)[C@@H](CCSC)NC(=O)c1ccccc1. The second-order valence-electron chi connectivity index (χ2n) is 4.84. The lowest BCUT2D eigenvalue weighted by atomic mass is 10.1. The van der Waals surface area contributed by atoms with E-state index in [1.807, 2.05) is 12.3 Å². The summed E-state index contributed by atoms with van der Waals surface area (Å²) in [6.45, 7) is 2.22. The minimum Gasteiger partial charge on any atom is -0.355 e. The van der Waals surface area contributed by atoms with Crippen LogP contribution < -0.4 is 16.0 Å². The van der Waals surface area contributed by atoms with Gasteiger partial charge in [0.15, 0.2) is 0 Å². The molecule has 0 aromatic heterocycles. The van der Waals surface area contributed by atoms with Crippen LogP contribution in [0.1, 0.15) is 23.7 Å². The fourth-order valence-electron chi connectivity index (χ4n) is 1.89. The Morgan fingerprint density at radius 2 is 1.83 bits per heavy atom. The number of rotatable bonds is 9. The molecule has 0 spiro atoms. The molecule has 23 heavy (non-hydrogen) atoms. The Labute approximate surface area is 140 Å². The Morgan fingerprint density at radius 3 is 2.43 bits per heavy atom. The van der Waals surface area contributed by atoms with Gasteiger partial charge >= 0.3 is 0 Å². The Bertz CT molecular complexity index is 523. The fraction of sp³-hybridized carbons (Fsp3) is 0.438. The lowest BCUT2D eigenvalue weighted by molar-refractivity contribution is -0.127. The van der Waals surface area contributed by atoms with Crippen LogP contribution in [0.2, 0.25) is 0 Å². The van der Waals surface area contributed by atoms with Crippen molar-refractivity contribution in [2.24, 2.45) is 0 Å². The van der Waals surface area contributed by atoms with Gasteiger partial charge in [0, 0.05) is 12.1 Å². The van der Waals surface area contributed by atoms with Crippen molar-refractivity contribution in [1.29, 1.82) is 0 Å². The lowest BCUT2D eigenvalue weighted by Crippen LogP contribution is -2.49. The van der Waals surface area contributed by atoms with Crippen LogP contribution in [0, 0.1) is 0 Å². The van der Waals surface area contributed by atoms with E-state index in [-0.39, 0.29) is 24.3 Å². The van der Waals surface area contributed by atoms with Crippen LogP contribution in [0.25, 0.3) is 0 Å². The molecule has 6 nitrogen and oxygen atoms in total. The first-order valence-corrected chi connectivity index (χ1v) is 8.87. The summed E-state index contributed by atoms with van der Waals surface area (Å²) in [5.41, 5.74) is 0.498. The van der Waals surface area contributed by atoms with Gasteiger partial charge in [-0.2, -0.15) is 11.8 Å². The minimum absolute atomic E-state index is 0.0936. The molecule has 0 bridgehead atoms. The van der Waals surface area contributed by atoms with Crippen molar-refractivity contribution < 1.29 is 14.4 Å². The molecule has 7 heteroatoms. The predicted octanol–water partition coefficient (Wildman–Crippen LogP) is 0.790. The first kappa shape index (κ1) is 19.0. The third kappa shape index (κ3) is 7.19. The van der Waals surface area contributed by atoms with E-state index in [0.717, 1.165) is 5.75 Å². The van der Waals surface area contributed by atoms with Crippen molar-refractivity contribution in [1.82, 2.24) is 16.0 Å². The molecule has 0 saturated carbocycles. The standard InChI is InChI=1S/C16H23N3O3S/c1-3-17-14(20)11-18-16(22)13(9-10-23-2)19-15(21)12-7-5-4-6-8-12/h4-8,13H,3,9-11H2,1-2H3,(H,17,20)(H,18,22)(H,19,21)/t13-/m1/s1. The highest BCUT2D eigenvalue weighted by molar-refractivity contribution is 7.98. The smallest absolute Gasteiger partial charge is 0.251 e. The van der Waals surface area contributed by atoms with Gasteiger partial charge in [-0.1, -0.05) is 18.2 Å². The van der Waals surface area contributed by atoms with Crippen LogP contribution in [0.3, 0.4) is 0 Å². The van der Waals surface area contributed by atoms with Gasteiger partial charge in [-0.05, 0) is 37.5 Å². The van der Waals surface area contributed by atoms with Crippen molar-refractivity contribution in [2.75, 3.05) is 25.1 Å². The summed E-state index contributed by atoms with van der Waals surface area (Å²) in [7, 11) is 0. The Morgan fingerprint density at radius 1 is 1.13 bits per heavy atom. The third-order valence-electron chi connectivity index (χ3n) is 3.07. The molecule has 0 aliphatic rings. The van der Waals surface area contributed by atoms with E-state index in [9.17, 15) is 14.4 Å². The van der Waals surface area contributed by atoms with E-state index in [0.29, 0.717) is 18.5 Å². The number of hydrogen-bond donors (Lipinski definition) is 3. The van der Waals surface area contributed by atoms with Crippen LogP contribution >= 0.6 is 11.8 Å². The second-order valence-corrected chi connectivity index (χ2v) is 5.83. The van der Waals surface area contributed by atoms with E-state index in [2.05, 4.69) is 16.0 Å². The number of carbonyl (C=O) groups excluding carboxylic acids is 3. The van der Waals surface area contributed by atoms with Gasteiger partial charge in [-0.3, -0.25) is 14.4 Å². The summed E-state index contributed by atoms with van der Waals surface area (Å²) in [6.07, 6.45) is 2.43. The predicted molar refractivity (Wildman–Crippen MR) is 92.4 cm³/mol. The lowest BCUT2D eigenvalue weighted by Gasteiger charge is -2.18. The van der Waals surface area contributed by atoms with Crippen LogP contribution in [-0.4, -0.2) is 48.9 Å². The molecule has 126 valence electrons. The molecule has 0 aliphatic carbocycles. The highest BCUT2D eigenvalue weighted by atomic mass is 32.2. The van der Waals surface area contributed by atoms with Gasteiger partial charge in [-0.15, -0.1) is 0 Å². The van der Waals surface area contributed by atoms with Crippen molar-refractivity contribution in [2.45, 2.75) is 19.4 Å². The summed E-state index contributed by atoms with van der Waals surface area (Å²) >= 11 is 1.59. The molecular formula is C16H23N3O3S. The van der Waals surface area contributed by atoms with Gasteiger partial charge in [0.05, 0.1) is 6.54 Å². The topological polar surface area (TPSA) is 87.3 Å². The molecule has 0 fully saturated rings. The number of hydrogen-bond acceptors (Lipinski definition) is 4. The van der Waals surface area contributed by atoms with E-state index in [1.165, 1.54) is 0 Å². The van der Waals surface area contributed by atoms with Crippen LogP contribution in [0.4, 0.5) is 0 Å². The molecule has 3 N–H and O–H groups in total. The average molecular weight is 337 g/mol. The summed E-state index contributed by atoms with van der Waals surface area (Å²) in [6, 6.07) is 8.06. The monoisotopic (exact) mass is 337 g/mol. The largest absolute Gasteiger partial charge is 0.355 e. The van der Waals surface area contributed by atoms with Gasteiger partial charge in [-0.25, -0.2) is 0 Å². The highest BCUT2D eigenvalue weighted by Crippen LogP contribution is 2.04. The maximum atomic E-state index is 12.2. The zero-order valence-corrected chi connectivity index (χ0v) is 14.2. The normalized spacial score (nSPS) is 11.4. The maximum Gasteiger partial charge on any atom is 0.251 e. The maximum absolute atomic E-state index is 12.2. The first-order valence-electron chi connectivity index (χ1n) is 7.47. The molecular weight excluding hydrogens is 314 g/mol. The molecule has 0 heterocycles. The Kier molecular flexibility index (Phi) is 8.82. The zero-order valence-electron chi connectivity index (χ0n) is 13.4. The van der Waals surface area contributed by atoms with Crippen LogP contribution in [0.15, 0.2) is 30.3 Å². The Hall–Kier alpha value is -2.02. The van der Waals surface area contributed by atoms with E-state index >= 15 is 0 Å². The first-order chi connectivity index (χ1) is 11.1. The third-order valence-corrected chi connectivity index (χ3v) is 3.71. The zero-order chi connectivity index (χ0) is 17.1. The molecule has 0 unspecified atom stereocenters. The summed E-state index contributed by atoms with van der Waals surface area (Å²) in [5, 5.41) is 7.89. The fourth-order valence-corrected chi connectivity index (χ4v) is 2.36. The quantitative estimate of drug-likeness (QED) is 0.622. The second kappa shape index (κ2) is 10.7. The van der Waals surface area contributed by atoms with Gasteiger partial charge < -0.3 is 16.0 Å². The number of carbonyl (C=O) groups is 3. The molecule has 1 aromatic carbocycles. The highest BCUT2D eigenvalue weighted by Gasteiger charge is 2.21. The number of benzene rings is 1. The molecule has 1 rings (SSSR count). The van der Waals surface area contributed by atoms with Crippen LogP contribution in [0.5, 0.6) is 0 Å². The molecule has 1 aromatic rings. The van der Waals surface area contributed by atoms with Crippen molar-refractivity contribution in [3.05, 3.63) is 35.9 Å². The molecule has 1 atom stereocenters. The van der Waals surface area contributed by atoms with E-state index in [1.54, 1.807) is 43.0 Å². The molecule has 0 saturated heterocycles. The van der Waals surface area contributed by atoms with Crippen LogP contribution in [-0.2, 0) is 9.59 Å². The van der Waals surface area contributed by atoms with Crippen molar-refractivity contribution in [3.63, 3.8) is 0 Å². The van der Waals surface area contributed by atoms with E-state index < -0.39 is 6.04 Å². The van der Waals surface area contributed by atoms with E-state index in [4.69, 9.17) is 0 Å². The number of likely N-dealkylation sites (N-methyl/N-ethyl adjacent to an activating group) is 1. The van der Waals surface area contributed by atoms with Gasteiger partial charge in [0.25, 0.3) is 5.91 Å². The number of thioether (sulfide) groups is 1. The van der Waals surface area contributed by atoms with Crippen molar-refractivity contribution in [3.8, 4) is 0 Å². The van der Waals surface area contributed by atoms with Gasteiger partial charge in [0.2, 0.25) is 11.8 Å². The average Bonchev–Trinajstić information content (AvgIpc) is 2.57. The summed E-state index contributed by atoms with van der Waals surface area (Å²) < 4.78 is 0. The van der Waals surface area contributed by atoms with Crippen molar-refractivity contribution >= 4 is 29.5 Å². The number of nitrogens with one attached hydrogen (secondary N) is 3. The Balaban J connectivity index is 2.62. The summed E-state index contributed by atoms with van der Waals surface area (Å²) in [5.74, 6) is -0.174. The number of amides is 3. The molecule has 3 amide bonds.